The first-order chi connectivity index (χ1) is 14.8. The lowest BCUT2D eigenvalue weighted by Crippen LogP contribution is -2.59. The Balaban J connectivity index is 2.94. The maximum atomic E-state index is 12.9. The van der Waals surface area contributed by atoms with E-state index >= 15 is 0 Å². The largest absolute Gasteiger partial charge is 0.508 e. The van der Waals surface area contributed by atoms with E-state index in [1.165, 1.54) is 19.1 Å². The Bertz CT molecular complexity index is 807. The van der Waals surface area contributed by atoms with Gasteiger partial charge in [0.15, 0.2) is 0 Å². The Hall–Kier alpha value is -3.14. The topological polar surface area (TPSA) is 171 Å². The predicted molar refractivity (Wildman–Crippen MR) is 119 cm³/mol. The van der Waals surface area contributed by atoms with E-state index in [9.17, 15) is 29.4 Å². The molecule has 10 nitrogen and oxygen atoms in total. The van der Waals surface area contributed by atoms with E-state index < -0.39 is 47.9 Å². The van der Waals surface area contributed by atoms with Gasteiger partial charge in [0.1, 0.15) is 23.9 Å². The number of benzene rings is 1. The van der Waals surface area contributed by atoms with Crippen LogP contribution in [0.1, 0.15) is 40.2 Å². The average molecular weight is 451 g/mol. The first kappa shape index (κ1) is 26.9. The number of rotatable bonds is 11. The van der Waals surface area contributed by atoms with Crippen LogP contribution in [0.2, 0.25) is 0 Å². The van der Waals surface area contributed by atoms with Crippen LogP contribution in [-0.2, 0) is 25.6 Å². The minimum absolute atomic E-state index is 0.000814. The second-order valence-electron chi connectivity index (χ2n) is 8.52. The molecule has 1 aromatic carbocycles. The monoisotopic (exact) mass is 450 g/mol. The van der Waals surface area contributed by atoms with Crippen molar-refractivity contribution in [2.45, 2.75) is 65.2 Å². The number of phenols is 1. The molecule has 0 bridgehead atoms. The van der Waals surface area contributed by atoms with E-state index in [-0.39, 0.29) is 24.0 Å². The molecule has 0 spiro atoms. The second kappa shape index (κ2) is 12.0. The van der Waals surface area contributed by atoms with E-state index in [0.29, 0.717) is 5.56 Å². The van der Waals surface area contributed by atoms with Gasteiger partial charge in [0.25, 0.3) is 0 Å². The Morgan fingerprint density at radius 2 is 1.25 bits per heavy atom. The number of carbonyl (C=O) groups is 4. The quantitative estimate of drug-likeness (QED) is 0.278. The summed E-state index contributed by atoms with van der Waals surface area (Å²) in [5.41, 5.74) is 6.17. The van der Waals surface area contributed by atoms with Crippen LogP contribution in [0, 0.1) is 11.8 Å². The second-order valence-corrected chi connectivity index (χ2v) is 8.52. The number of carboxylic acids is 1. The molecular formula is C22H34N4O6. The van der Waals surface area contributed by atoms with E-state index in [4.69, 9.17) is 5.73 Å². The molecule has 3 amide bonds. The number of amides is 3. The third-order valence-electron chi connectivity index (χ3n) is 4.90. The van der Waals surface area contributed by atoms with Gasteiger partial charge in [-0.25, -0.2) is 4.79 Å². The Labute approximate surface area is 187 Å². The van der Waals surface area contributed by atoms with Crippen molar-refractivity contribution in [2.75, 3.05) is 0 Å². The molecule has 0 aliphatic heterocycles. The van der Waals surface area contributed by atoms with E-state index in [0.717, 1.165) is 0 Å². The maximum Gasteiger partial charge on any atom is 0.326 e. The van der Waals surface area contributed by atoms with Crippen molar-refractivity contribution in [3.8, 4) is 5.75 Å². The van der Waals surface area contributed by atoms with Gasteiger partial charge in [0.2, 0.25) is 17.7 Å². The average Bonchev–Trinajstić information content (AvgIpc) is 2.69. The molecule has 0 aromatic heterocycles. The summed E-state index contributed by atoms with van der Waals surface area (Å²) in [7, 11) is 0. The van der Waals surface area contributed by atoms with Crippen LogP contribution in [-0.4, -0.2) is 58.1 Å². The zero-order valence-electron chi connectivity index (χ0n) is 19.1. The van der Waals surface area contributed by atoms with Gasteiger partial charge in [-0.1, -0.05) is 39.8 Å². The predicted octanol–water partition coefficient (Wildman–Crippen LogP) is 0.133. The number of phenolic OH excluding ortho intramolecular Hbond substituents is 1. The molecule has 4 unspecified atom stereocenters. The third kappa shape index (κ3) is 8.18. The van der Waals surface area contributed by atoms with Crippen molar-refractivity contribution < 1.29 is 29.4 Å². The molecule has 1 aromatic rings. The number of nitrogens with one attached hydrogen (secondary N) is 3. The number of hydrogen-bond acceptors (Lipinski definition) is 6. The zero-order valence-corrected chi connectivity index (χ0v) is 19.1. The highest BCUT2D eigenvalue weighted by atomic mass is 16.4. The van der Waals surface area contributed by atoms with E-state index in [2.05, 4.69) is 16.0 Å². The summed E-state index contributed by atoms with van der Waals surface area (Å²) >= 11 is 0. The van der Waals surface area contributed by atoms with Crippen molar-refractivity contribution in [3.05, 3.63) is 29.8 Å². The lowest BCUT2D eigenvalue weighted by molar-refractivity contribution is -0.142. The van der Waals surface area contributed by atoms with Crippen LogP contribution >= 0.6 is 0 Å². The Morgan fingerprint density at radius 1 is 0.812 bits per heavy atom. The molecule has 0 fully saturated rings. The molecule has 0 aliphatic rings. The van der Waals surface area contributed by atoms with E-state index in [1.807, 2.05) is 0 Å². The summed E-state index contributed by atoms with van der Waals surface area (Å²) in [5, 5.41) is 26.6. The summed E-state index contributed by atoms with van der Waals surface area (Å²) in [6.45, 7) is 8.41. The molecule has 1 rings (SSSR count). The van der Waals surface area contributed by atoms with Gasteiger partial charge in [0.05, 0.1) is 6.04 Å². The number of aliphatic carboxylic acids is 1. The standard InChI is InChI=1S/C22H34N4O6/c1-11(2)17(26-21(30)18(12(3)4)25-19(28)13(5)23)20(29)24-16(22(31)32)10-14-6-8-15(27)9-7-14/h6-9,11-13,16-18,27H,10,23H2,1-5H3,(H,24,29)(H,25,28)(H,26,30)(H,31,32). The normalized spacial score (nSPS) is 14.9. The van der Waals surface area contributed by atoms with Gasteiger partial charge in [-0.3, -0.25) is 14.4 Å². The van der Waals surface area contributed by atoms with Gasteiger partial charge < -0.3 is 31.9 Å². The molecule has 0 aliphatic carbocycles. The van der Waals surface area contributed by atoms with Gasteiger partial charge in [0, 0.05) is 6.42 Å². The van der Waals surface area contributed by atoms with Gasteiger partial charge in [-0.2, -0.15) is 0 Å². The highest BCUT2D eigenvalue weighted by Gasteiger charge is 2.32. The molecule has 7 N–H and O–H groups in total. The molecule has 0 saturated carbocycles. The van der Waals surface area contributed by atoms with Crippen molar-refractivity contribution in [3.63, 3.8) is 0 Å². The number of aromatic hydroxyl groups is 1. The first-order valence-electron chi connectivity index (χ1n) is 10.5. The van der Waals surface area contributed by atoms with Crippen LogP contribution in [0.5, 0.6) is 5.75 Å². The molecule has 10 heteroatoms. The smallest absolute Gasteiger partial charge is 0.326 e. The summed E-state index contributed by atoms with van der Waals surface area (Å²) < 4.78 is 0. The molecular weight excluding hydrogens is 416 g/mol. The summed E-state index contributed by atoms with van der Waals surface area (Å²) in [6.07, 6.45) is -0.000814. The van der Waals surface area contributed by atoms with Crippen LogP contribution in [0.25, 0.3) is 0 Å². The highest BCUT2D eigenvalue weighted by molar-refractivity contribution is 5.94. The first-order valence-corrected chi connectivity index (χ1v) is 10.5. The van der Waals surface area contributed by atoms with Crippen LogP contribution in [0.4, 0.5) is 0 Å². The third-order valence-corrected chi connectivity index (χ3v) is 4.90. The fourth-order valence-electron chi connectivity index (χ4n) is 2.93. The number of hydrogen-bond donors (Lipinski definition) is 6. The van der Waals surface area contributed by atoms with Crippen LogP contribution in [0.3, 0.4) is 0 Å². The zero-order chi connectivity index (χ0) is 24.6. The van der Waals surface area contributed by atoms with Crippen molar-refractivity contribution in [1.29, 1.82) is 0 Å². The SMILES string of the molecule is CC(N)C(=O)NC(C(=O)NC(C(=O)NC(Cc1ccc(O)cc1)C(=O)O)C(C)C)C(C)C. The van der Waals surface area contributed by atoms with Crippen molar-refractivity contribution >= 4 is 23.7 Å². The molecule has 178 valence electrons. The molecule has 0 saturated heterocycles. The fourth-order valence-corrected chi connectivity index (χ4v) is 2.93. The maximum absolute atomic E-state index is 12.9. The highest BCUT2D eigenvalue weighted by Crippen LogP contribution is 2.12. The minimum atomic E-state index is -1.23. The number of carbonyl (C=O) groups excluding carboxylic acids is 3. The molecule has 32 heavy (non-hydrogen) atoms. The minimum Gasteiger partial charge on any atom is -0.508 e. The summed E-state index contributed by atoms with van der Waals surface area (Å²) in [4.78, 5) is 49.3. The van der Waals surface area contributed by atoms with Crippen LogP contribution in [0.15, 0.2) is 24.3 Å². The van der Waals surface area contributed by atoms with Gasteiger partial charge >= 0.3 is 5.97 Å². The van der Waals surface area contributed by atoms with Crippen molar-refractivity contribution in [2.24, 2.45) is 17.6 Å². The fraction of sp³-hybridized carbons (Fsp3) is 0.545. The molecule has 0 heterocycles. The van der Waals surface area contributed by atoms with Gasteiger partial charge in [-0.05, 0) is 36.5 Å². The lowest BCUT2D eigenvalue weighted by atomic mass is 9.98. The summed E-state index contributed by atoms with van der Waals surface area (Å²) in [5.74, 6) is -3.51. The number of carboxylic acid groups (broad SMARTS) is 1. The lowest BCUT2D eigenvalue weighted by Gasteiger charge is -2.28. The Kier molecular flexibility index (Phi) is 10.1. The Morgan fingerprint density at radius 3 is 1.66 bits per heavy atom. The summed E-state index contributed by atoms with van der Waals surface area (Å²) in [6, 6.07) is 2.02. The van der Waals surface area contributed by atoms with Gasteiger partial charge in [-0.15, -0.1) is 0 Å². The van der Waals surface area contributed by atoms with Crippen LogP contribution < -0.4 is 21.7 Å². The van der Waals surface area contributed by atoms with Crippen molar-refractivity contribution in [1.82, 2.24) is 16.0 Å². The van der Waals surface area contributed by atoms with E-state index in [1.54, 1.807) is 39.8 Å². The molecule has 4 atom stereocenters. The number of nitrogens with two attached hydrogens (primary N) is 1. The molecule has 0 radical (unpaired) electrons.